The summed E-state index contributed by atoms with van der Waals surface area (Å²) in [4.78, 5) is 32.1. The van der Waals surface area contributed by atoms with E-state index < -0.39 is 35.1 Å². The van der Waals surface area contributed by atoms with Gasteiger partial charge in [-0.3, -0.25) is 14.5 Å². The van der Waals surface area contributed by atoms with Crippen LogP contribution in [0, 0.1) is 11.6 Å². The summed E-state index contributed by atoms with van der Waals surface area (Å²) in [6.45, 7) is 1.92. The van der Waals surface area contributed by atoms with Gasteiger partial charge in [0.05, 0.1) is 15.8 Å². The number of aliphatic hydroxyl groups is 1. The van der Waals surface area contributed by atoms with Crippen LogP contribution in [-0.2, 0) is 16.0 Å². The molecule has 1 amide bonds. The Balaban J connectivity index is 1.55. The molecule has 4 aromatic rings. The van der Waals surface area contributed by atoms with E-state index in [-0.39, 0.29) is 22.4 Å². The number of aromatic nitrogens is 1. The smallest absolute Gasteiger partial charge is 0.301 e. The highest BCUT2D eigenvalue weighted by Crippen LogP contribution is 2.45. The maximum atomic E-state index is 15.1. The highest BCUT2D eigenvalue weighted by molar-refractivity contribution is 7.22. The second-order valence-electron chi connectivity index (χ2n) is 8.75. The molecule has 1 aromatic heterocycles. The molecule has 0 bridgehead atoms. The van der Waals surface area contributed by atoms with Gasteiger partial charge in [-0.2, -0.15) is 0 Å². The fraction of sp³-hybridized carbons (Fsp3) is 0.148. The Labute approximate surface area is 208 Å². The first-order valence-electron chi connectivity index (χ1n) is 11.2. The summed E-state index contributed by atoms with van der Waals surface area (Å²) in [6.07, 6.45) is 0.606. The Morgan fingerprint density at radius 3 is 2.72 bits per heavy atom. The van der Waals surface area contributed by atoms with Crippen LogP contribution in [0.2, 0.25) is 0 Å². The van der Waals surface area contributed by atoms with Crippen LogP contribution in [0.1, 0.15) is 29.7 Å². The first kappa shape index (κ1) is 22.4. The molecule has 2 atom stereocenters. The van der Waals surface area contributed by atoms with E-state index in [1.165, 1.54) is 36.4 Å². The molecule has 3 aromatic carbocycles. The van der Waals surface area contributed by atoms with Crippen LogP contribution in [-0.4, -0.2) is 27.9 Å². The lowest BCUT2D eigenvalue weighted by Crippen LogP contribution is -2.29. The molecular formula is C27H18F2N2O4S. The number of rotatable bonds is 3. The van der Waals surface area contributed by atoms with Gasteiger partial charge in [-0.1, -0.05) is 29.5 Å². The molecule has 180 valence electrons. The van der Waals surface area contributed by atoms with Crippen LogP contribution < -0.4 is 9.64 Å². The van der Waals surface area contributed by atoms with E-state index in [1.54, 1.807) is 24.3 Å². The molecule has 0 unspecified atom stereocenters. The zero-order valence-electron chi connectivity index (χ0n) is 18.9. The molecule has 9 heteroatoms. The lowest BCUT2D eigenvalue weighted by Gasteiger charge is -2.23. The van der Waals surface area contributed by atoms with Crippen molar-refractivity contribution in [2.75, 3.05) is 4.90 Å². The maximum Gasteiger partial charge on any atom is 0.301 e. The number of carbonyl (C=O) groups is 2. The topological polar surface area (TPSA) is 79.7 Å². The van der Waals surface area contributed by atoms with Gasteiger partial charge in [0, 0.05) is 17.5 Å². The number of benzene rings is 3. The van der Waals surface area contributed by atoms with Crippen molar-refractivity contribution in [3.8, 4) is 5.75 Å². The maximum absolute atomic E-state index is 15.1. The predicted octanol–water partition coefficient (Wildman–Crippen LogP) is 5.52. The van der Waals surface area contributed by atoms with E-state index in [1.807, 2.05) is 6.92 Å². The number of halogens is 2. The van der Waals surface area contributed by atoms with Crippen molar-refractivity contribution in [3.05, 3.63) is 94.6 Å². The van der Waals surface area contributed by atoms with Gasteiger partial charge in [0.25, 0.3) is 5.78 Å². The van der Waals surface area contributed by atoms with Crippen LogP contribution in [0.25, 0.3) is 16.0 Å². The summed E-state index contributed by atoms with van der Waals surface area (Å²) in [5.41, 5.74) is 1.39. The zero-order valence-corrected chi connectivity index (χ0v) is 19.7. The number of anilines is 1. The van der Waals surface area contributed by atoms with E-state index in [9.17, 15) is 19.1 Å². The SMILES string of the molecule is C[C@H]1Cc2cc(/C(O)=C3\C(=O)C(=O)N(c4nc5ccc(F)cc5s4)[C@@H]3c3ccccc3F)ccc2O1. The number of ether oxygens (including phenoxy) is 1. The van der Waals surface area contributed by atoms with Gasteiger partial charge in [-0.15, -0.1) is 0 Å². The number of aliphatic hydroxyl groups excluding tert-OH is 1. The fourth-order valence-electron chi connectivity index (χ4n) is 4.74. The van der Waals surface area contributed by atoms with E-state index in [2.05, 4.69) is 4.98 Å². The molecule has 3 heterocycles. The number of nitrogens with zero attached hydrogens (tertiary/aromatic N) is 2. The molecule has 2 aliphatic heterocycles. The fourth-order valence-corrected chi connectivity index (χ4v) is 5.75. The van der Waals surface area contributed by atoms with Crippen molar-refractivity contribution in [3.63, 3.8) is 0 Å². The molecular weight excluding hydrogens is 486 g/mol. The third-order valence-corrected chi connectivity index (χ3v) is 7.38. The Morgan fingerprint density at radius 2 is 1.92 bits per heavy atom. The van der Waals surface area contributed by atoms with Gasteiger partial charge in [-0.05, 0) is 55.0 Å². The lowest BCUT2D eigenvalue weighted by atomic mass is 9.94. The first-order valence-corrected chi connectivity index (χ1v) is 12.0. The molecule has 6 nitrogen and oxygen atoms in total. The number of hydrogen-bond donors (Lipinski definition) is 1. The van der Waals surface area contributed by atoms with Crippen LogP contribution in [0.4, 0.5) is 13.9 Å². The van der Waals surface area contributed by atoms with E-state index in [4.69, 9.17) is 4.74 Å². The van der Waals surface area contributed by atoms with Gasteiger partial charge in [0.1, 0.15) is 35.3 Å². The van der Waals surface area contributed by atoms with E-state index >= 15 is 4.39 Å². The summed E-state index contributed by atoms with van der Waals surface area (Å²) in [7, 11) is 0. The van der Waals surface area contributed by atoms with Crippen molar-refractivity contribution in [2.24, 2.45) is 0 Å². The number of amides is 1. The second kappa shape index (κ2) is 8.23. The second-order valence-corrected chi connectivity index (χ2v) is 9.76. The Kier molecular flexibility index (Phi) is 5.11. The molecule has 1 N–H and O–H groups in total. The summed E-state index contributed by atoms with van der Waals surface area (Å²) < 4.78 is 35.0. The first-order chi connectivity index (χ1) is 17.3. The monoisotopic (exact) mass is 504 g/mol. The van der Waals surface area contributed by atoms with E-state index in [0.717, 1.165) is 21.8 Å². The van der Waals surface area contributed by atoms with Gasteiger partial charge in [0.15, 0.2) is 5.13 Å². The highest BCUT2D eigenvalue weighted by atomic mass is 32.1. The summed E-state index contributed by atoms with van der Waals surface area (Å²) in [5.74, 6) is -2.77. The molecule has 2 aliphatic rings. The Hall–Kier alpha value is -4.11. The normalized spacial score (nSPS) is 20.7. The van der Waals surface area contributed by atoms with Crippen LogP contribution in [0.15, 0.2) is 66.2 Å². The lowest BCUT2D eigenvalue weighted by molar-refractivity contribution is -0.132. The van der Waals surface area contributed by atoms with Crippen molar-refractivity contribution in [1.82, 2.24) is 4.98 Å². The molecule has 6 rings (SSSR count). The standard InChI is InChI=1S/C27H18F2N2O4S/c1-13-10-15-11-14(6-9-20(15)35-13)24(32)22-23(17-4-2-3-5-18(17)29)31(26(34)25(22)33)27-30-19-8-7-16(28)12-21(19)36-27/h2-9,11-13,23,32H,10H2,1H3/b24-22+/t13-,23+/m0/s1. The van der Waals surface area contributed by atoms with Gasteiger partial charge < -0.3 is 9.84 Å². The molecule has 36 heavy (non-hydrogen) atoms. The molecule has 1 fully saturated rings. The quantitative estimate of drug-likeness (QED) is 0.226. The minimum absolute atomic E-state index is 0.0229. The number of ketones is 1. The third-order valence-electron chi connectivity index (χ3n) is 6.36. The molecule has 0 aliphatic carbocycles. The molecule has 0 spiro atoms. The van der Waals surface area contributed by atoms with Gasteiger partial charge in [-0.25, -0.2) is 13.8 Å². The van der Waals surface area contributed by atoms with Crippen LogP contribution in [0.5, 0.6) is 5.75 Å². The number of hydrogen-bond acceptors (Lipinski definition) is 6. The molecule has 1 saturated heterocycles. The number of fused-ring (bicyclic) bond motifs is 2. The molecule has 0 radical (unpaired) electrons. The average molecular weight is 505 g/mol. The molecule has 0 saturated carbocycles. The number of Topliss-reactive ketones (excluding diaryl/α,β-unsaturated/α-hetero) is 1. The Bertz CT molecular complexity index is 1610. The van der Waals surface area contributed by atoms with Gasteiger partial charge in [0.2, 0.25) is 0 Å². The van der Waals surface area contributed by atoms with Crippen molar-refractivity contribution < 1.29 is 28.2 Å². The van der Waals surface area contributed by atoms with Crippen molar-refractivity contribution in [2.45, 2.75) is 25.5 Å². The largest absolute Gasteiger partial charge is 0.507 e. The Morgan fingerprint density at radius 1 is 1.11 bits per heavy atom. The average Bonchev–Trinajstić information content (AvgIpc) is 3.51. The third kappa shape index (κ3) is 3.46. The predicted molar refractivity (Wildman–Crippen MR) is 131 cm³/mol. The highest BCUT2D eigenvalue weighted by Gasteiger charge is 2.49. The number of carbonyl (C=O) groups excluding carboxylic acids is 2. The summed E-state index contributed by atoms with van der Waals surface area (Å²) in [6, 6.07) is 13.5. The van der Waals surface area contributed by atoms with Crippen molar-refractivity contribution in [1.29, 1.82) is 0 Å². The zero-order chi connectivity index (χ0) is 25.1. The van der Waals surface area contributed by atoms with Crippen molar-refractivity contribution >= 4 is 44.1 Å². The van der Waals surface area contributed by atoms with Crippen LogP contribution in [0.3, 0.4) is 0 Å². The van der Waals surface area contributed by atoms with Gasteiger partial charge >= 0.3 is 5.91 Å². The minimum atomic E-state index is -1.26. The summed E-state index contributed by atoms with van der Waals surface area (Å²) >= 11 is 1.00. The summed E-state index contributed by atoms with van der Waals surface area (Å²) in [5, 5.41) is 11.4. The van der Waals surface area contributed by atoms with E-state index in [0.29, 0.717) is 28.0 Å². The number of thiazole rings is 1. The van der Waals surface area contributed by atoms with Crippen LogP contribution >= 0.6 is 11.3 Å². The minimum Gasteiger partial charge on any atom is -0.507 e.